The second-order valence-electron chi connectivity index (χ2n) is 4.88. The summed E-state index contributed by atoms with van der Waals surface area (Å²) in [5.74, 6) is -0.414. The van der Waals surface area contributed by atoms with Crippen LogP contribution >= 0.6 is 27.5 Å². The molecule has 0 saturated heterocycles. The maximum atomic E-state index is 13.3. The largest absolute Gasteiger partial charge is 0.349 e. The molecular formula is C14H16BrClFNO. The normalized spacial score (nSPS) is 23.1. The van der Waals surface area contributed by atoms with Crippen molar-refractivity contribution in [1.29, 1.82) is 0 Å². The fourth-order valence-corrected chi connectivity index (χ4v) is 3.49. The molecule has 1 aliphatic rings. The van der Waals surface area contributed by atoms with E-state index in [0.29, 0.717) is 5.92 Å². The molecule has 104 valence electrons. The van der Waals surface area contributed by atoms with Crippen LogP contribution in [0.5, 0.6) is 0 Å². The molecule has 2 unspecified atom stereocenters. The number of carbonyl (C=O) groups is 1. The van der Waals surface area contributed by atoms with E-state index in [1.165, 1.54) is 18.6 Å². The van der Waals surface area contributed by atoms with Crippen LogP contribution in [0.15, 0.2) is 18.2 Å². The SMILES string of the molecule is O=C(NC1CCCCC1CBr)c1cccc(F)c1Cl. The molecule has 2 rings (SSSR count). The van der Waals surface area contributed by atoms with Gasteiger partial charge in [-0.2, -0.15) is 0 Å². The van der Waals surface area contributed by atoms with Crippen molar-refractivity contribution in [3.8, 4) is 0 Å². The maximum absolute atomic E-state index is 13.3. The predicted molar refractivity (Wildman–Crippen MR) is 78.4 cm³/mol. The first kappa shape index (κ1) is 14.8. The highest BCUT2D eigenvalue weighted by Gasteiger charge is 2.26. The van der Waals surface area contributed by atoms with Crippen molar-refractivity contribution in [2.45, 2.75) is 31.7 Å². The Morgan fingerprint density at radius 1 is 1.42 bits per heavy atom. The lowest BCUT2D eigenvalue weighted by atomic mass is 9.86. The highest BCUT2D eigenvalue weighted by Crippen LogP contribution is 2.27. The summed E-state index contributed by atoms with van der Waals surface area (Å²) in [6, 6.07) is 4.44. The molecule has 1 saturated carbocycles. The number of alkyl halides is 1. The zero-order valence-electron chi connectivity index (χ0n) is 10.5. The maximum Gasteiger partial charge on any atom is 0.253 e. The number of halogens is 3. The topological polar surface area (TPSA) is 29.1 Å². The van der Waals surface area contributed by atoms with E-state index in [2.05, 4.69) is 21.2 Å². The van der Waals surface area contributed by atoms with Crippen LogP contribution in [0.4, 0.5) is 4.39 Å². The van der Waals surface area contributed by atoms with Gasteiger partial charge in [0.1, 0.15) is 5.82 Å². The van der Waals surface area contributed by atoms with Crippen molar-refractivity contribution in [3.63, 3.8) is 0 Å². The summed E-state index contributed by atoms with van der Waals surface area (Å²) in [5, 5.41) is 3.75. The van der Waals surface area contributed by atoms with E-state index in [0.717, 1.165) is 24.6 Å². The van der Waals surface area contributed by atoms with E-state index < -0.39 is 5.82 Å². The molecule has 19 heavy (non-hydrogen) atoms. The number of benzene rings is 1. The molecule has 0 aliphatic heterocycles. The molecular weight excluding hydrogens is 333 g/mol. The molecule has 0 bridgehead atoms. The predicted octanol–water partition coefficient (Wildman–Crippen LogP) is 4.16. The van der Waals surface area contributed by atoms with Crippen LogP contribution < -0.4 is 5.32 Å². The molecule has 1 aromatic carbocycles. The lowest BCUT2D eigenvalue weighted by molar-refractivity contribution is 0.0911. The first-order chi connectivity index (χ1) is 9.13. The van der Waals surface area contributed by atoms with Gasteiger partial charge in [0.2, 0.25) is 0 Å². The van der Waals surface area contributed by atoms with Crippen LogP contribution in [-0.2, 0) is 0 Å². The Hall–Kier alpha value is -0.610. The van der Waals surface area contributed by atoms with Crippen molar-refractivity contribution in [3.05, 3.63) is 34.6 Å². The van der Waals surface area contributed by atoms with E-state index in [-0.39, 0.29) is 22.5 Å². The van der Waals surface area contributed by atoms with Gasteiger partial charge >= 0.3 is 0 Å². The summed E-state index contributed by atoms with van der Waals surface area (Å²) in [7, 11) is 0. The van der Waals surface area contributed by atoms with Gasteiger partial charge in [0.15, 0.2) is 0 Å². The summed E-state index contributed by atoms with van der Waals surface area (Å²) < 4.78 is 13.3. The number of carbonyl (C=O) groups excluding carboxylic acids is 1. The zero-order chi connectivity index (χ0) is 13.8. The minimum atomic E-state index is -0.560. The smallest absolute Gasteiger partial charge is 0.253 e. The molecule has 0 heterocycles. The summed E-state index contributed by atoms with van der Waals surface area (Å²) in [6.45, 7) is 0. The third kappa shape index (κ3) is 3.48. The molecule has 0 spiro atoms. The van der Waals surface area contributed by atoms with Crippen LogP contribution in [0.25, 0.3) is 0 Å². The second-order valence-corrected chi connectivity index (χ2v) is 5.91. The first-order valence-electron chi connectivity index (χ1n) is 6.44. The fourth-order valence-electron chi connectivity index (χ4n) is 2.51. The summed E-state index contributed by atoms with van der Waals surface area (Å²) in [5.41, 5.74) is 0.209. The minimum absolute atomic E-state index is 0.105. The van der Waals surface area contributed by atoms with Gasteiger partial charge in [-0.1, -0.05) is 46.4 Å². The van der Waals surface area contributed by atoms with Gasteiger partial charge in [-0.25, -0.2) is 4.39 Å². The Bertz CT molecular complexity index is 469. The van der Waals surface area contributed by atoms with Gasteiger partial charge in [0.05, 0.1) is 10.6 Å². The van der Waals surface area contributed by atoms with E-state index in [9.17, 15) is 9.18 Å². The average molecular weight is 349 g/mol. The Labute approximate surface area is 125 Å². The standard InChI is InChI=1S/C14H16BrClFNO/c15-8-9-4-1-2-7-12(9)18-14(19)10-5-3-6-11(17)13(10)16/h3,5-6,9,12H,1-2,4,7-8H2,(H,18,19). The molecule has 1 aromatic rings. The molecule has 0 aromatic heterocycles. The van der Waals surface area contributed by atoms with E-state index in [1.807, 2.05) is 0 Å². The van der Waals surface area contributed by atoms with Crippen LogP contribution in [0, 0.1) is 11.7 Å². The second kappa shape index (κ2) is 6.71. The molecule has 2 nitrogen and oxygen atoms in total. The van der Waals surface area contributed by atoms with Crippen LogP contribution in [0.3, 0.4) is 0 Å². The Kier molecular flexibility index (Phi) is 5.22. The molecule has 0 radical (unpaired) electrons. The Morgan fingerprint density at radius 3 is 2.89 bits per heavy atom. The highest BCUT2D eigenvalue weighted by atomic mass is 79.9. The minimum Gasteiger partial charge on any atom is -0.349 e. The van der Waals surface area contributed by atoms with Gasteiger partial charge in [-0.15, -0.1) is 0 Å². The Balaban J connectivity index is 2.09. The number of nitrogens with one attached hydrogen (secondary N) is 1. The summed E-state index contributed by atoms with van der Waals surface area (Å²) in [6.07, 6.45) is 4.39. The van der Waals surface area contributed by atoms with Gasteiger partial charge in [-0.05, 0) is 30.9 Å². The quantitative estimate of drug-likeness (QED) is 0.816. The van der Waals surface area contributed by atoms with Crippen LogP contribution in [-0.4, -0.2) is 17.3 Å². The number of rotatable bonds is 3. The van der Waals surface area contributed by atoms with Crippen molar-refractivity contribution in [1.82, 2.24) is 5.32 Å². The van der Waals surface area contributed by atoms with Crippen LogP contribution in [0.2, 0.25) is 5.02 Å². The highest BCUT2D eigenvalue weighted by molar-refractivity contribution is 9.09. The van der Waals surface area contributed by atoms with Crippen molar-refractivity contribution >= 4 is 33.4 Å². The van der Waals surface area contributed by atoms with Crippen LogP contribution in [0.1, 0.15) is 36.0 Å². The third-order valence-corrected chi connectivity index (χ3v) is 4.84. The van der Waals surface area contributed by atoms with Crippen molar-refractivity contribution < 1.29 is 9.18 Å². The zero-order valence-corrected chi connectivity index (χ0v) is 12.8. The average Bonchev–Trinajstić information content (AvgIpc) is 2.42. The lowest BCUT2D eigenvalue weighted by Gasteiger charge is -2.31. The first-order valence-corrected chi connectivity index (χ1v) is 7.94. The third-order valence-electron chi connectivity index (χ3n) is 3.62. The van der Waals surface area contributed by atoms with Crippen molar-refractivity contribution in [2.24, 2.45) is 5.92 Å². The van der Waals surface area contributed by atoms with Crippen molar-refractivity contribution in [2.75, 3.05) is 5.33 Å². The number of hydrogen-bond acceptors (Lipinski definition) is 1. The van der Waals surface area contributed by atoms with Gasteiger partial charge in [-0.3, -0.25) is 4.79 Å². The van der Waals surface area contributed by atoms with Gasteiger partial charge in [0, 0.05) is 11.4 Å². The molecule has 1 fully saturated rings. The molecule has 5 heteroatoms. The van der Waals surface area contributed by atoms with E-state index >= 15 is 0 Å². The molecule has 1 N–H and O–H groups in total. The van der Waals surface area contributed by atoms with E-state index in [4.69, 9.17) is 11.6 Å². The monoisotopic (exact) mass is 347 g/mol. The molecule has 1 amide bonds. The summed E-state index contributed by atoms with van der Waals surface area (Å²) in [4.78, 5) is 12.2. The lowest BCUT2D eigenvalue weighted by Crippen LogP contribution is -2.42. The molecule has 1 aliphatic carbocycles. The van der Waals surface area contributed by atoms with Gasteiger partial charge in [0.25, 0.3) is 5.91 Å². The Morgan fingerprint density at radius 2 is 2.16 bits per heavy atom. The summed E-state index contributed by atoms with van der Waals surface area (Å²) >= 11 is 9.32. The van der Waals surface area contributed by atoms with E-state index in [1.54, 1.807) is 6.07 Å². The van der Waals surface area contributed by atoms with Gasteiger partial charge < -0.3 is 5.32 Å². The molecule has 2 atom stereocenters. The fraction of sp³-hybridized carbons (Fsp3) is 0.500. The number of amides is 1. The number of hydrogen-bond donors (Lipinski definition) is 1.